The number of anilines is 1. The maximum absolute atomic E-state index is 12.4. The molecule has 1 heterocycles. The highest BCUT2D eigenvalue weighted by atomic mass is 16.5. The van der Waals surface area contributed by atoms with E-state index in [1.807, 2.05) is 30.0 Å². The van der Waals surface area contributed by atoms with Gasteiger partial charge in [0.15, 0.2) is 0 Å². The number of nitrogens with one attached hydrogen (secondary N) is 1. The van der Waals surface area contributed by atoms with Crippen molar-refractivity contribution in [2.75, 3.05) is 25.5 Å². The van der Waals surface area contributed by atoms with Crippen molar-refractivity contribution < 1.29 is 14.3 Å². The van der Waals surface area contributed by atoms with Gasteiger partial charge in [-0.15, -0.1) is 0 Å². The number of carbonyl (C=O) groups excluding carboxylic acids is 2. The van der Waals surface area contributed by atoms with E-state index >= 15 is 0 Å². The van der Waals surface area contributed by atoms with Gasteiger partial charge < -0.3 is 15.0 Å². The van der Waals surface area contributed by atoms with Gasteiger partial charge in [-0.2, -0.15) is 0 Å². The first-order valence-electron chi connectivity index (χ1n) is 8.34. The van der Waals surface area contributed by atoms with E-state index in [2.05, 4.69) is 5.32 Å². The average molecular weight is 316 g/mol. The molecular weight excluding hydrogens is 292 g/mol. The van der Waals surface area contributed by atoms with Crippen LogP contribution in [-0.2, 0) is 9.59 Å². The molecule has 0 aromatic heterocycles. The van der Waals surface area contributed by atoms with Crippen molar-refractivity contribution in [3.05, 3.63) is 23.8 Å². The summed E-state index contributed by atoms with van der Waals surface area (Å²) in [4.78, 5) is 26.8. The molecule has 1 aromatic carbocycles. The van der Waals surface area contributed by atoms with Crippen LogP contribution in [0.25, 0.3) is 0 Å². The van der Waals surface area contributed by atoms with E-state index in [9.17, 15) is 9.59 Å². The van der Waals surface area contributed by atoms with Crippen LogP contribution in [0.2, 0.25) is 0 Å². The summed E-state index contributed by atoms with van der Waals surface area (Å²) in [6.45, 7) is 3.65. The maximum Gasteiger partial charge on any atom is 0.228 e. The number of amides is 2. The summed E-state index contributed by atoms with van der Waals surface area (Å²) >= 11 is 0. The number of hydrogen-bond acceptors (Lipinski definition) is 3. The highest BCUT2D eigenvalue weighted by Gasteiger charge is 2.49. The van der Waals surface area contributed by atoms with Crippen molar-refractivity contribution in [3.8, 4) is 5.75 Å². The van der Waals surface area contributed by atoms with E-state index in [-0.39, 0.29) is 23.7 Å². The summed E-state index contributed by atoms with van der Waals surface area (Å²) < 4.78 is 5.28. The van der Waals surface area contributed by atoms with Gasteiger partial charge in [0.1, 0.15) is 5.75 Å². The molecule has 1 aliphatic heterocycles. The molecule has 124 valence electrons. The molecule has 0 spiro atoms. The normalized spacial score (nSPS) is 23.3. The van der Waals surface area contributed by atoms with E-state index in [1.54, 1.807) is 7.11 Å². The van der Waals surface area contributed by atoms with Crippen molar-refractivity contribution in [2.24, 2.45) is 11.8 Å². The third-order valence-corrected chi connectivity index (χ3v) is 4.72. The molecule has 0 bridgehead atoms. The highest BCUT2D eigenvalue weighted by Crippen LogP contribution is 2.41. The maximum atomic E-state index is 12.4. The lowest BCUT2D eigenvalue weighted by atomic mass is 10.1. The molecule has 5 nitrogen and oxygen atoms in total. The van der Waals surface area contributed by atoms with Crippen molar-refractivity contribution >= 4 is 17.5 Å². The first-order valence-corrected chi connectivity index (χ1v) is 8.34. The van der Waals surface area contributed by atoms with E-state index in [0.717, 1.165) is 31.5 Å². The van der Waals surface area contributed by atoms with Crippen molar-refractivity contribution in [3.63, 3.8) is 0 Å². The van der Waals surface area contributed by atoms with Crippen LogP contribution in [0, 0.1) is 18.8 Å². The molecular formula is C18H24N2O3. The number of hydrogen-bond donors (Lipinski definition) is 1. The lowest BCUT2D eigenvalue weighted by molar-refractivity contribution is -0.134. The SMILES string of the molecule is COc1ccc(C)cc1NC(=O)C1CC1C(=O)N1CCCCC1. The Morgan fingerprint density at radius 1 is 1.17 bits per heavy atom. The molecule has 23 heavy (non-hydrogen) atoms. The number of methoxy groups -OCH3 is 1. The topological polar surface area (TPSA) is 58.6 Å². The predicted octanol–water partition coefficient (Wildman–Crippen LogP) is 2.59. The molecule has 1 aliphatic carbocycles. The second-order valence-corrected chi connectivity index (χ2v) is 6.53. The van der Waals surface area contributed by atoms with Crippen molar-refractivity contribution in [1.29, 1.82) is 0 Å². The van der Waals surface area contributed by atoms with Crippen LogP contribution >= 0.6 is 0 Å². The number of nitrogens with zero attached hydrogens (tertiary/aromatic N) is 1. The zero-order chi connectivity index (χ0) is 16.4. The molecule has 1 saturated heterocycles. The van der Waals surface area contributed by atoms with Gasteiger partial charge in [-0.1, -0.05) is 6.07 Å². The third kappa shape index (κ3) is 3.49. The molecule has 1 aromatic rings. The molecule has 2 atom stereocenters. The number of piperidine rings is 1. The lowest BCUT2D eigenvalue weighted by Gasteiger charge is -2.26. The molecule has 2 unspecified atom stereocenters. The summed E-state index contributed by atoms with van der Waals surface area (Å²) in [6.07, 6.45) is 4.02. The summed E-state index contributed by atoms with van der Waals surface area (Å²) in [5.41, 5.74) is 1.73. The van der Waals surface area contributed by atoms with Gasteiger partial charge in [0.05, 0.1) is 24.6 Å². The summed E-state index contributed by atoms with van der Waals surface area (Å²) in [7, 11) is 1.58. The molecule has 1 N–H and O–H groups in total. The predicted molar refractivity (Wildman–Crippen MR) is 88.4 cm³/mol. The lowest BCUT2D eigenvalue weighted by Crippen LogP contribution is -2.37. The standard InChI is InChI=1S/C18H24N2O3/c1-12-6-7-16(23-2)15(10-12)19-17(21)13-11-14(13)18(22)20-8-4-3-5-9-20/h6-7,10,13-14H,3-5,8-9,11H2,1-2H3,(H,19,21). The molecule has 1 saturated carbocycles. The van der Waals surface area contributed by atoms with E-state index in [1.165, 1.54) is 6.42 Å². The Kier molecular flexibility index (Phi) is 4.55. The van der Waals surface area contributed by atoms with Gasteiger partial charge in [0.25, 0.3) is 0 Å². The summed E-state index contributed by atoms with van der Waals surface area (Å²) in [5, 5.41) is 2.92. The highest BCUT2D eigenvalue weighted by molar-refractivity contribution is 6.00. The first kappa shape index (κ1) is 15.8. The van der Waals surface area contributed by atoms with E-state index < -0.39 is 0 Å². The van der Waals surface area contributed by atoms with Crippen LogP contribution in [0.15, 0.2) is 18.2 Å². The van der Waals surface area contributed by atoms with E-state index in [0.29, 0.717) is 17.9 Å². The Balaban J connectivity index is 1.60. The van der Waals surface area contributed by atoms with Crippen LogP contribution < -0.4 is 10.1 Å². The van der Waals surface area contributed by atoms with Gasteiger partial charge in [0, 0.05) is 13.1 Å². The third-order valence-electron chi connectivity index (χ3n) is 4.72. The van der Waals surface area contributed by atoms with Gasteiger partial charge >= 0.3 is 0 Å². The number of likely N-dealkylation sites (tertiary alicyclic amines) is 1. The minimum absolute atomic E-state index is 0.0794. The van der Waals surface area contributed by atoms with Crippen LogP contribution in [0.4, 0.5) is 5.69 Å². The monoisotopic (exact) mass is 316 g/mol. The Bertz CT molecular complexity index is 608. The quantitative estimate of drug-likeness (QED) is 0.929. The van der Waals surface area contributed by atoms with Gasteiger partial charge in [0.2, 0.25) is 11.8 Å². The smallest absolute Gasteiger partial charge is 0.228 e. The van der Waals surface area contributed by atoms with Gasteiger partial charge in [-0.05, 0) is 50.3 Å². The molecule has 0 radical (unpaired) electrons. The van der Waals surface area contributed by atoms with Gasteiger partial charge in [-0.3, -0.25) is 9.59 Å². The first-order chi connectivity index (χ1) is 11.1. The minimum atomic E-state index is -0.199. The Hall–Kier alpha value is -2.04. The van der Waals surface area contributed by atoms with Gasteiger partial charge in [-0.25, -0.2) is 0 Å². The fourth-order valence-corrected chi connectivity index (χ4v) is 3.25. The zero-order valence-corrected chi connectivity index (χ0v) is 13.8. The van der Waals surface area contributed by atoms with Crippen molar-refractivity contribution in [2.45, 2.75) is 32.6 Å². The van der Waals surface area contributed by atoms with E-state index in [4.69, 9.17) is 4.74 Å². The summed E-state index contributed by atoms with van der Waals surface area (Å²) in [5.74, 6) is 0.382. The Labute approximate surface area is 137 Å². The molecule has 2 fully saturated rings. The number of aryl methyl sites for hydroxylation is 1. The van der Waals surface area contributed by atoms with Crippen LogP contribution in [-0.4, -0.2) is 36.9 Å². The van der Waals surface area contributed by atoms with Crippen molar-refractivity contribution in [1.82, 2.24) is 4.90 Å². The minimum Gasteiger partial charge on any atom is -0.495 e. The van der Waals surface area contributed by atoms with Crippen LogP contribution in [0.3, 0.4) is 0 Å². The largest absolute Gasteiger partial charge is 0.495 e. The average Bonchev–Trinajstić information content (AvgIpc) is 3.36. The zero-order valence-electron chi connectivity index (χ0n) is 13.8. The van der Waals surface area contributed by atoms with Crippen LogP contribution in [0.1, 0.15) is 31.2 Å². The Morgan fingerprint density at radius 3 is 2.61 bits per heavy atom. The summed E-state index contributed by atoms with van der Waals surface area (Å²) in [6, 6.07) is 5.67. The number of rotatable bonds is 4. The molecule has 2 aliphatic rings. The fourth-order valence-electron chi connectivity index (χ4n) is 3.25. The second kappa shape index (κ2) is 6.60. The number of carbonyl (C=O) groups is 2. The second-order valence-electron chi connectivity index (χ2n) is 6.53. The number of benzene rings is 1. The number of ether oxygens (including phenoxy) is 1. The Morgan fingerprint density at radius 2 is 1.91 bits per heavy atom. The molecule has 5 heteroatoms. The van der Waals surface area contributed by atoms with Crippen LogP contribution in [0.5, 0.6) is 5.75 Å². The molecule has 3 rings (SSSR count). The molecule has 2 amide bonds. The fraction of sp³-hybridized carbons (Fsp3) is 0.556.